The van der Waals surface area contributed by atoms with Gasteiger partial charge in [0.15, 0.2) is 11.9 Å². The highest BCUT2D eigenvalue weighted by molar-refractivity contribution is 7.47. The van der Waals surface area contributed by atoms with E-state index in [0.717, 1.165) is 70.6 Å². The lowest BCUT2D eigenvalue weighted by molar-refractivity contribution is -0.161. The molecule has 0 aromatic rings. The first-order valence-electron chi connectivity index (χ1n) is 20.9. The first-order chi connectivity index (χ1) is 27.8. The molecular weight excluding hydrogens is 790 g/mol. The third-order valence-electron chi connectivity index (χ3n) is 8.35. The standard InChI is InChI=1S/C42H72O14P2/c1-3-5-7-8-9-10-11-12-15-19-22-25-29-33-42(46)56-40(37-55-58(50,51)54-35-39(44)34-53-57(47,48)49)36-52-41(45)32-28-24-21-18-16-13-14-17-20-23-27-31-38(43)30-26-6-4-2/h10-11,13-14,18,20-21,23,27,31,39-40,44H,3-9,12,15-17,19,22,24-26,28-30,32-37H2,1-2H3,(H,50,51)(H2,47,48,49)/b11-10-,14-13-,21-18-,23-20-,31-27+/t39-,40+/m0/s1. The molecule has 0 aliphatic carbocycles. The molecule has 0 radical (unpaired) electrons. The second kappa shape index (κ2) is 37.5. The van der Waals surface area contributed by atoms with Gasteiger partial charge < -0.3 is 29.3 Å². The van der Waals surface area contributed by atoms with Gasteiger partial charge in [0.25, 0.3) is 0 Å². The van der Waals surface area contributed by atoms with E-state index < -0.39 is 66.2 Å². The van der Waals surface area contributed by atoms with E-state index in [4.69, 9.17) is 23.8 Å². The van der Waals surface area contributed by atoms with E-state index >= 15 is 0 Å². The number of rotatable bonds is 39. The van der Waals surface area contributed by atoms with E-state index in [-0.39, 0.29) is 18.6 Å². The lowest BCUT2D eigenvalue weighted by Crippen LogP contribution is -2.30. The summed E-state index contributed by atoms with van der Waals surface area (Å²) in [5.41, 5.74) is 0. The minimum absolute atomic E-state index is 0.0893. The maximum Gasteiger partial charge on any atom is 0.472 e. The number of phosphoric ester groups is 2. The van der Waals surface area contributed by atoms with Crippen LogP contribution in [0.4, 0.5) is 0 Å². The molecule has 0 amide bonds. The molecule has 0 spiro atoms. The molecule has 0 aliphatic heterocycles. The number of hydrogen-bond acceptors (Lipinski definition) is 11. The Balaban J connectivity index is 4.68. The Morgan fingerprint density at radius 1 is 0.552 bits per heavy atom. The van der Waals surface area contributed by atoms with Crippen LogP contribution in [0.15, 0.2) is 60.8 Å². The highest BCUT2D eigenvalue weighted by atomic mass is 31.2. The van der Waals surface area contributed by atoms with E-state index in [1.807, 2.05) is 36.5 Å². The Bertz CT molecular complexity index is 1320. The van der Waals surface area contributed by atoms with Crippen molar-refractivity contribution in [3.05, 3.63) is 60.8 Å². The predicted molar refractivity (Wildman–Crippen MR) is 226 cm³/mol. The van der Waals surface area contributed by atoms with Crippen LogP contribution >= 0.6 is 15.6 Å². The van der Waals surface area contributed by atoms with Crippen LogP contribution in [0.2, 0.25) is 0 Å². The van der Waals surface area contributed by atoms with Crippen LogP contribution in [0.3, 0.4) is 0 Å². The number of allylic oxidation sites excluding steroid dienone is 10. The molecule has 0 heterocycles. The molecule has 1 unspecified atom stereocenters. The van der Waals surface area contributed by atoms with Crippen LogP contribution < -0.4 is 0 Å². The van der Waals surface area contributed by atoms with Crippen LogP contribution in [0.5, 0.6) is 0 Å². The number of esters is 2. The van der Waals surface area contributed by atoms with Crippen molar-refractivity contribution in [2.24, 2.45) is 0 Å². The summed E-state index contributed by atoms with van der Waals surface area (Å²) in [6, 6.07) is 0. The van der Waals surface area contributed by atoms with Crippen molar-refractivity contribution in [3.8, 4) is 0 Å². The number of ether oxygens (including phenoxy) is 2. The zero-order valence-electron chi connectivity index (χ0n) is 34.9. The van der Waals surface area contributed by atoms with Crippen molar-refractivity contribution in [2.45, 2.75) is 161 Å². The van der Waals surface area contributed by atoms with Gasteiger partial charge in [0, 0.05) is 19.3 Å². The van der Waals surface area contributed by atoms with E-state index in [2.05, 4.69) is 35.0 Å². The second-order valence-electron chi connectivity index (χ2n) is 13.9. The minimum atomic E-state index is -4.88. The monoisotopic (exact) mass is 862 g/mol. The third kappa shape index (κ3) is 40.3. The zero-order chi connectivity index (χ0) is 43.2. The molecule has 58 heavy (non-hydrogen) atoms. The van der Waals surface area contributed by atoms with Crippen LogP contribution in [0.25, 0.3) is 0 Å². The molecule has 0 aliphatic rings. The van der Waals surface area contributed by atoms with Crippen molar-refractivity contribution in [2.75, 3.05) is 26.4 Å². The second-order valence-corrected chi connectivity index (χ2v) is 16.6. The van der Waals surface area contributed by atoms with Crippen molar-refractivity contribution in [1.29, 1.82) is 0 Å². The van der Waals surface area contributed by atoms with Crippen molar-refractivity contribution < 1.29 is 66.3 Å². The SMILES string of the molecule is CCCCCC/C=C\CCCCCCCC(=O)O[C@H](COC(=O)CCC/C=C\C/C=C\C/C=C\C=C\C(=O)CCCCC)COP(=O)(O)OC[C@@H](O)COP(=O)(O)O. The van der Waals surface area contributed by atoms with Gasteiger partial charge in [-0.15, -0.1) is 0 Å². The molecule has 14 nitrogen and oxygen atoms in total. The molecule has 0 bridgehead atoms. The normalized spacial score (nSPS) is 14.6. The van der Waals surface area contributed by atoms with E-state index in [0.29, 0.717) is 25.7 Å². The Labute approximate surface area is 347 Å². The summed E-state index contributed by atoms with van der Waals surface area (Å²) >= 11 is 0. The molecule has 0 fully saturated rings. The Morgan fingerprint density at radius 2 is 1.07 bits per heavy atom. The molecule has 0 rings (SSSR count). The summed E-state index contributed by atoms with van der Waals surface area (Å²) in [4.78, 5) is 64.3. The molecule has 0 aromatic carbocycles. The maximum absolute atomic E-state index is 12.6. The molecule has 4 N–H and O–H groups in total. The average Bonchev–Trinajstić information content (AvgIpc) is 3.17. The van der Waals surface area contributed by atoms with Crippen LogP contribution in [-0.4, -0.2) is 76.1 Å². The highest BCUT2D eigenvalue weighted by Gasteiger charge is 2.28. The molecular formula is C42H72O14P2. The predicted octanol–water partition coefficient (Wildman–Crippen LogP) is 9.63. The summed E-state index contributed by atoms with van der Waals surface area (Å²) < 4.78 is 47.6. The van der Waals surface area contributed by atoms with Gasteiger partial charge in [-0.25, -0.2) is 9.13 Å². The number of aliphatic hydroxyl groups excluding tert-OH is 1. The van der Waals surface area contributed by atoms with Gasteiger partial charge in [0.05, 0.1) is 19.8 Å². The fourth-order valence-corrected chi connectivity index (χ4v) is 6.27. The van der Waals surface area contributed by atoms with Gasteiger partial charge in [-0.05, 0) is 70.3 Å². The van der Waals surface area contributed by atoms with Gasteiger partial charge in [-0.1, -0.05) is 120 Å². The Kier molecular flexibility index (Phi) is 35.9. The lowest BCUT2D eigenvalue weighted by Gasteiger charge is -2.20. The van der Waals surface area contributed by atoms with Crippen LogP contribution in [-0.2, 0) is 46.6 Å². The molecule has 0 saturated carbocycles. The largest absolute Gasteiger partial charge is 0.472 e. The summed E-state index contributed by atoms with van der Waals surface area (Å²) in [5.74, 6) is -1.00. The first kappa shape index (κ1) is 55.5. The van der Waals surface area contributed by atoms with Gasteiger partial charge in [-0.2, -0.15) is 0 Å². The topological polar surface area (TPSA) is 212 Å². The van der Waals surface area contributed by atoms with Gasteiger partial charge in [0.1, 0.15) is 12.7 Å². The van der Waals surface area contributed by atoms with Gasteiger partial charge in [0.2, 0.25) is 0 Å². The smallest absolute Gasteiger partial charge is 0.462 e. The Morgan fingerprint density at radius 3 is 1.76 bits per heavy atom. The molecule has 0 saturated heterocycles. The molecule has 334 valence electrons. The highest BCUT2D eigenvalue weighted by Crippen LogP contribution is 2.43. The quantitative estimate of drug-likeness (QED) is 0.0113. The zero-order valence-corrected chi connectivity index (χ0v) is 36.7. The van der Waals surface area contributed by atoms with E-state index in [1.54, 1.807) is 12.2 Å². The fraction of sp³-hybridized carbons (Fsp3) is 0.690. The van der Waals surface area contributed by atoms with Crippen LogP contribution in [0.1, 0.15) is 149 Å². The van der Waals surface area contributed by atoms with Crippen molar-refractivity contribution in [3.63, 3.8) is 0 Å². The summed E-state index contributed by atoms with van der Waals surface area (Å²) in [6.07, 6.45) is 34.9. The maximum atomic E-state index is 12.6. The number of aliphatic hydroxyl groups is 1. The van der Waals surface area contributed by atoms with Gasteiger partial charge >= 0.3 is 27.6 Å². The summed E-state index contributed by atoms with van der Waals surface area (Å²) in [5, 5.41) is 9.73. The minimum Gasteiger partial charge on any atom is -0.462 e. The third-order valence-corrected chi connectivity index (χ3v) is 9.78. The number of phosphoric acid groups is 2. The lowest BCUT2D eigenvalue weighted by atomic mass is 10.1. The molecule has 0 aromatic heterocycles. The number of unbranched alkanes of at least 4 members (excludes halogenated alkanes) is 12. The average molecular weight is 863 g/mol. The van der Waals surface area contributed by atoms with Crippen LogP contribution in [0, 0.1) is 0 Å². The first-order valence-corrected chi connectivity index (χ1v) is 24.0. The molecule has 16 heteroatoms. The van der Waals surface area contributed by atoms with Gasteiger partial charge in [-0.3, -0.25) is 28.0 Å². The summed E-state index contributed by atoms with van der Waals surface area (Å²) in [6.45, 7) is 1.48. The van der Waals surface area contributed by atoms with E-state index in [1.165, 1.54) is 25.7 Å². The van der Waals surface area contributed by atoms with Crippen molar-refractivity contribution >= 4 is 33.4 Å². The molecule has 3 atom stereocenters. The number of hydrogen-bond donors (Lipinski definition) is 4. The number of carbonyl (C=O) groups excluding carboxylic acids is 3. The van der Waals surface area contributed by atoms with Crippen molar-refractivity contribution in [1.82, 2.24) is 0 Å². The number of carbonyl (C=O) groups is 3. The summed E-state index contributed by atoms with van der Waals surface area (Å²) in [7, 11) is -9.71. The fourth-order valence-electron chi connectivity index (χ4n) is 5.11. The van der Waals surface area contributed by atoms with E-state index in [9.17, 15) is 33.5 Å². The Hall–Kier alpha value is -2.51. The number of ketones is 1.